The van der Waals surface area contributed by atoms with Crippen molar-refractivity contribution in [3.63, 3.8) is 0 Å². The Hall–Kier alpha value is -3.16. The number of rotatable bonds is 8. The molecule has 42 heavy (non-hydrogen) atoms. The van der Waals surface area contributed by atoms with E-state index in [1.807, 2.05) is 35.7 Å². The number of amides is 1. The molecule has 2 aliphatic rings. The maximum Gasteiger partial charge on any atom is 0.249 e. The molecule has 8 heteroatoms. The lowest BCUT2D eigenvalue weighted by atomic mass is 9.85. The summed E-state index contributed by atoms with van der Waals surface area (Å²) in [7, 11) is 0. The van der Waals surface area contributed by atoms with Gasteiger partial charge < -0.3 is 10.3 Å². The number of nitrogens with two attached hydrogens (primary N) is 1. The van der Waals surface area contributed by atoms with Gasteiger partial charge in [-0.2, -0.15) is 0 Å². The number of piperidine rings is 1. The van der Waals surface area contributed by atoms with Gasteiger partial charge in [0, 0.05) is 57.8 Å². The smallest absolute Gasteiger partial charge is 0.249 e. The average Bonchev–Trinajstić information content (AvgIpc) is 3.61. The molecular formula is C34H32Cl2N4OS. The minimum atomic E-state index is -0.357. The molecule has 1 saturated heterocycles. The molecule has 3 heterocycles. The number of nitrogens with zero attached hydrogens (tertiary/aromatic N) is 3. The van der Waals surface area contributed by atoms with E-state index in [9.17, 15) is 4.79 Å². The third kappa shape index (κ3) is 5.61. The Morgan fingerprint density at radius 3 is 2.07 bits per heavy atom. The van der Waals surface area contributed by atoms with Gasteiger partial charge in [0.05, 0.1) is 16.6 Å². The number of likely N-dealkylation sites (tertiary alicyclic amines) is 1. The van der Waals surface area contributed by atoms with E-state index in [-0.39, 0.29) is 11.8 Å². The summed E-state index contributed by atoms with van der Waals surface area (Å²) in [5.41, 5.74) is 12.0. The van der Waals surface area contributed by atoms with Gasteiger partial charge in [0.2, 0.25) is 5.91 Å². The first kappa shape index (κ1) is 27.7. The number of halogens is 2. The minimum absolute atomic E-state index is 0.0506. The minimum Gasteiger partial charge on any atom is -0.366 e. The number of carbonyl (C=O) groups excluding carboxylic acids is 1. The standard InChI is InChI=1S/C34H32Cl2N4OS/c35-26-8-3-21(4-9-26)32(22-5-10-27(36)11-6-22)24-7-12-30-31(18-24)40(34(38-30)23-1-2-23)28-13-15-39(16-14-28)19-29-17-25(20-42-29)33(37)41/h3-12,17-18,20,23,28,32H,1-2,13-16,19H2,(H2,37,41). The van der Waals surface area contributed by atoms with Crippen molar-refractivity contribution < 1.29 is 4.79 Å². The molecular weight excluding hydrogens is 583 g/mol. The number of primary amides is 1. The monoisotopic (exact) mass is 614 g/mol. The van der Waals surface area contributed by atoms with Crippen LogP contribution >= 0.6 is 34.5 Å². The summed E-state index contributed by atoms with van der Waals surface area (Å²) >= 11 is 14.2. The van der Waals surface area contributed by atoms with E-state index in [1.54, 1.807) is 11.3 Å². The van der Waals surface area contributed by atoms with Crippen molar-refractivity contribution in [1.82, 2.24) is 14.5 Å². The fourth-order valence-corrected chi connectivity index (χ4v) is 7.52. The SMILES string of the molecule is NC(=O)c1csc(CN2CCC(n3c(C4CC4)nc4ccc(C(c5ccc(Cl)cc5)c5ccc(Cl)cc5)cc43)CC2)c1. The highest BCUT2D eigenvalue weighted by atomic mass is 35.5. The summed E-state index contributed by atoms with van der Waals surface area (Å²) in [5.74, 6) is 1.50. The molecule has 5 nitrogen and oxygen atoms in total. The van der Waals surface area contributed by atoms with Crippen LogP contribution in [0, 0.1) is 0 Å². The molecule has 0 atom stereocenters. The number of benzene rings is 3. The number of imidazole rings is 1. The van der Waals surface area contributed by atoms with Crippen molar-refractivity contribution in [3.05, 3.63) is 121 Å². The molecule has 0 spiro atoms. The fraction of sp³-hybridized carbons (Fsp3) is 0.294. The number of thiophene rings is 1. The number of fused-ring (bicyclic) bond motifs is 1. The van der Waals surface area contributed by atoms with E-state index < -0.39 is 0 Å². The third-order valence-electron chi connectivity index (χ3n) is 8.66. The predicted octanol–water partition coefficient (Wildman–Crippen LogP) is 8.40. The van der Waals surface area contributed by atoms with Gasteiger partial charge in [-0.05, 0) is 84.8 Å². The summed E-state index contributed by atoms with van der Waals surface area (Å²) in [4.78, 5) is 20.4. The van der Waals surface area contributed by atoms with Crippen molar-refractivity contribution >= 4 is 51.5 Å². The van der Waals surface area contributed by atoms with Crippen LogP contribution in [0.15, 0.2) is 78.2 Å². The summed E-state index contributed by atoms with van der Waals surface area (Å²) in [5, 5.41) is 3.33. The average molecular weight is 616 g/mol. The lowest BCUT2D eigenvalue weighted by molar-refractivity contribution is 0.100. The van der Waals surface area contributed by atoms with Gasteiger partial charge in [0.1, 0.15) is 5.82 Å². The van der Waals surface area contributed by atoms with Gasteiger partial charge in [-0.3, -0.25) is 9.69 Å². The second kappa shape index (κ2) is 11.5. The quantitative estimate of drug-likeness (QED) is 0.178. The highest BCUT2D eigenvalue weighted by molar-refractivity contribution is 7.10. The van der Waals surface area contributed by atoms with Gasteiger partial charge in [-0.25, -0.2) is 4.98 Å². The van der Waals surface area contributed by atoms with Crippen molar-refractivity contribution in [1.29, 1.82) is 0 Å². The van der Waals surface area contributed by atoms with Crippen molar-refractivity contribution in [2.24, 2.45) is 5.73 Å². The lowest BCUT2D eigenvalue weighted by Gasteiger charge is -2.33. The van der Waals surface area contributed by atoms with Crippen molar-refractivity contribution in [2.45, 2.75) is 50.1 Å². The second-order valence-corrected chi connectivity index (χ2v) is 13.4. The Morgan fingerprint density at radius 1 is 0.881 bits per heavy atom. The second-order valence-electron chi connectivity index (χ2n) is 11.6. The number of hydrogen-bond acceptors (Lipinski definition) is 4. The topological polar surface area (TPSA) is 64.2 Å². The molecule has 0 bridgehead atoms. The molecule has 2 fully saturated rings. The molecule has 0 unspecified atom stereocenters. The van der Waals surface area contributed by atoms with Gasteiger partial charge in [-0.1, -0.05) is 53.5 Å². The highest BCUT2D eigenvalue weighted by Gasteiger charge is 2.33. The summed E-state index contributed by atoms with van der Waals surface area (Å²) in [6.07, 6.45) is 4.57. The molecule has 1 aliphatic carbocycles. The molecule has 1 aliphatic heterocycles. The summed E-state index contributed by atoms with van der Waals surface area (Å²) in [6, 6.07) is 25.5. The Kier molecular flexibility index (Phi) is 7.57. The van der Waals surface area contributed by atoms with Crippen molar-refractivity contribution in [2.75, 3.05) is 13.1 Å². The van der Waals surface area contributed by atoms with E-state index in [0.717, 1.165) is 48.0 Å². The Bertz CT molecular complexity index is 1690. The molecule has 1 amide bonds. The van der Waals surface area contributed by atoms with Crippen LogP contribution in [-0.4, -0.2) is 33.4 Å². The van der Waals surface area contributed by atoms with Gasteiger partial charge in [0.15, 0.2) is 0 Å². The first-order valence-corrected chi connectivity index (χ1v) is 16.2. The first-order chi connectivity index (χ1) is 20.4. The third-order valence-corrected chi connectivity index (χ3v) is 10.1. The number of aromatic nitrogens is 2. The molecule has 7 rings (SSSR count). The summed E-state index contributed by atoms with van der Waals surface area (Å²) in [6.45, 7) is 2.88. The van der Waals surface area contributed by atoms with Crippen LogP contribution in [-0.2, 0) is 6.54 Å². The molecule has 1 saturated carbocycles. The van der Waals surface area contributed by atoms with Crippen molar-refractivity contribution in [3.8, 4) is 0 Å². The first-order valence-electron chi connectivity index (χ1n) is 14.5. The molecule has 2 aromatic heterocycles. The maximum atomic E-state index is 11.5. The summed E-state index contributed by atoms with van der Waals surface area (Å²) < 4.78 is 2.57. The predicted molar refractivity (Wildman–Crippen MR) is 172 cm³/mol. The van der Waals surface area contributed by atoms with E-state index in [2.05, 4.69) is 51.9 Å². The largest absolute Gasteiger partial charge is 0.366 e. The van der Waals surface area contributed by atoms with Crippen LogP contribution in [0.5, 0.6) is 0 Å². The van der Waals surface area contributed by atoms with Crippen LogP contribution < -0.4 is 5.73 Å². The molecule has 2 N–H and O–H groups in total. The zero-order valence-electron chi connectivity index (χ0n) is 23.2. The van der Waals surface area contributed by atoms with E-state index in [1.165, 1.54) is 45.8 Å². The number of hydrogen-bond donors (Lipinski definition) is 1. The molecule has 3 aromatic carbocycles. The zero-order valence-corrected chi connectivity index (χ0v) is 25.5. The van der Waals surface area contributed by atoms with Crippen LogP contribution in [0.4, 0.5) is 0 Å². The zero-order chi connectivity index (χ0) is 28.8. The normalized spacial score (nSPS) is 16.5. The van der Waals surface area contributed by atoms with Gasteiger partial charge in [-0.15, -0.1) is 11.3 Å². The van der Waals surface area contributed by atoms with E-state index in [4.69, 9.17) is 33.9 Å². The van der Waals surface area contributed by atoms with Crippen LogP contribution in [0.2, 0.25) is 10.0 Å². The molecule has 214 valence electrons. The van der Waals surface area contributed by atoms with Crippen LogP contribution in [0.25, 0.3) is 11.0 Å². The van der Waals surface area contributed by atoms with Crippen LogP contribution in [0.1, 0.15) is 81.3 Å². The maximum absolute atomic E-state index is 11.5. The fourth-order valence-electron chi connectivity index (χ4n) is 6.36. The van der Waals surface area contributed by atoms with Gasteiger partial charge >= 0.3 is 0 Å². The Balaban J connectivity index is 1.21. The molecule has 5 aromatic rings. The van der Waals surface area contributed by atoms with E-state index >= 15 is 0 Å². The Morgan fingerprint density at radius 2 is 1.50 bits per heavy atom. The van der Waals surface area contributed by atoms with E-state index in [0.29, 0.717) is 17.5 Å². The number of carbonyl (C=O) groups is 1. The molecule has 0 radical (unpaired) electrons. The Labute approximate surface area is 259 Å². The van der Waals surface area contributed by atoms with Gasteiger partial charge in [0.25, 0.3) is 0 Å². The lowest BCUT2D eigenvalue weighted by Crippen LogP contribution is -2.34. The van der Waals surface area contributed by atoms with Crippen LogP contribution in [0.3, 0.4) is 0 Å². The highest BCUT2D eigenvalue weighted by Crippen LogP contribution is 2.44.